The number of allylic oxidation sites excluding steroid dienone is 2. The second-order valence-corrected chi connectivity index (χ2v) is 5.63. The van der Waals surface area contributed by atoms with Crippen LogP contribution in [0.25, 0.3) is 0 Å². The number of nitro benzene ring substituents is 1. The van der Waals surface area contributed by atoms with Crippen molar-refractivity contribution in [3.8, 4) is 0 Å². The fraction of sp³-hybridized carbons (Fsp3) is 0.333. The van der Waals surface area contributed by atoms with Gasteiger partial charge in [0.2, 0.25) is 5.91 Å². The predicted octanol–water partition coefficient (Wildman–Crippen LogP) is 2.06. The highest BCUT2D eigenvalue weighted by atomic mass is 16.6. The molecule has 0 saturated heterocycles. The molecule has 1 saturated carbocycles. The van der Waals surface area contributed by atoms with Crippen molar-refractivity contribution >= 4 is 23.3 Å². The van der Waals surface area contributed by atoms with Crippen LogP contribution in [0.1, 0.15) is 6.42 Å². The van der Waals surface area contributed by atoms with E-state index < -0.39 is 28.6 Å². The SMILES string of the molecule is O=C(O)[C@@H]1[C@H](C(=O)Nc2cccc([N+](=O)[O-])c2)[C@H]2C=C[C@H]1C2. The number of amides is 1. The Bertz CT molecular complexity index is 684. The molecule has 0 spiro atoms. The van der Waals surface area contributed by atoms with Gasteiger partial charge in [-0.3, -0.25) is 19.7 Å². The van der Waals surface area contributed by atoms with Gasteiger partial charge in [0.05, 0.1) is 16.8 Å². The van der Waals surface area contributed by atoms with E-state index in [2.05, 4.69) is 5.32 Å². The van der Waals surface area contributed by atoms with Gasteiger partial charge in [-0.05, 0) is 24.3 Å². The van der Waals surface area contributed by atoms with Crippen LogP contribution >= 0.6 is 0 Å². The molecule has 0 aliphatic heterocycles. The van der Waals surface area contributed by atoms with Crippen LogP contribution < -0.4 is 5.32 Å². The number of carboxylic acids is 1. The van der Waals surface area contributed by atoms with Gasteiger partial charge in [0, 0.05) is 17.8 Å². The van der Waals surface area contributed by atoms with Crippen LogP contribution in [0.5, 0.6) is 0 Å². The van der Waals surface area contributed by atoms with Crippen LogP contribution in [-0.4, -0.2) is 21.9 Å². The molecule has 1 amide bonds. The molecule has 2 N–H and O–H groups in total. The molecule has 0 heterocycles. The number of nitro groups is 1. The minimum atomic E-state index is -0.976. The summed E-state index contributed by atoms with van der Waals surface area (Å²) in [5, 5.41) is 22.7. The smallest absolute Gasteiger partial charge is 0.307 e. The molecule has 2 aliphatic rings. The van der Waals surface area contributed by atoms with Gasteiger partial charge in [-0.2, -0.15) is 0 Å². The molecule has 3 rings (SSSR count). The number of fused-ring (bicyclic) bond motifs is 2. The summed E-state index contributed by atoms with van der Waals surface area (Å²) < 4.78 is 0. The van der Waals surface area contributed by atoms with Crippen molar-refractivity contribution in [1.29, 1.82) is 0 Å². The lowest BCUT2D eigenvalue weighted by Gasteiger charge is -2.23. The number of anilines is 1. The van der Waals surface area contributed by atoms with E-state index in [1.54, 1.807) is 6.07 Å². The maximum absolute atomic E-state index is 12.4. The Kier molecular flexibility index (Phi) is 3.40. The number of aliphatic carboxylic acids is 1. The largest absolute Gasteiger partial charge is 0.481 e. The Morgan fingerprint density at radius 3 is 2.55 bits per heavy atom. The van der Waals surface area contributed by atoms with Crippen LogP contribution in [0.3, 0.4) is 0 Å². The molecule has 0 radical (unpaired) electrons. The lowest BCUT2D eigenvalue weighted by atomic mass is 9.82. The van der Waals surface area contributed by atoms with Gasteiger partial charge < -0.3 is 10.4 Å². The Morgan fingerprint density at radius 2 is 1.91 bits per heavy atom. The summed E-state index contributed by atoms with van der Waals surface area (Å²) in [7, 11) is 0. The number of hydrogen-bond acceptors (Lipinski definition) is 4. The molecule has 1 aromatic rings. The van der Waals surface area contributed by atoms with Gasteiger partial charge in [-0.25, -0.2) is 0 Å². The third kappa shape index (κ3) is 2.34. The first-order chi connectivity index (χ1) is 10.5. The van der Waals surface area contributed by atoms with E-state index in [4.69, 9.17) is 0 Å². The maximum atomic E-state index is 12.4. The molecule has 1 aromatic carbocycles. The number of non-ortho nitro benzene ring substituents is 1. The second-order valence-electron chi connectivity index (χ2n) is 5.63. The van der Waals surface area contributed by atoms with Crippen molar-refractivity contribution in [2.24, 2.45) is 23.7 Å². The molecule has 0 unspecified atom stereocenters. The van der Waals surface area contributed by atoms with Gasteiger partial charge in [-0.1, -0.05) is 18.2 Å². The molecule has 2 bridgehead atoms. The molecule has 0 aromatic heterocycles. The quantitative estimate of drug-likeness (QED) is 0.502. The third-order valence-electron chi connectivity index (χ3n) is 4.37. The van der Waals surface area contributed by atoms with Gasteiger partial charge in [0.25, 0.3) is 5.69 Å². The molecule has 4 atom stereocenters. The number of carboxylic acid groups (broad SMARTS) is 1. The number of nitrogens with one attached hydrogen (secondary N) is 1. The van der Waals surface area contributed by atoms with Crippen molar-refractivity contribution in [3.63, 3.8) is 0 Å². The third-order valence-corrected chi connectivity index (χ3v) is 4.37. The Balaban J connectivity index is 1.80. The maximum Gasteiger partial charge on any atom is 0.307 e. The first-order valence-electron chi connectivity index (χ1n) is 6.94. The summed E-state index contributed by atoms with van der Waals surface area (Å²) >= 11 is 0. The zero-order chi connectivity index (χ0) is 15.9. The van der Waals surface area contributed by atoms with Gasteiger partial charge in [0.15, 0.2) is 0 Å². The van der Waals surface area contributed by atoms with Crippen molar-refractivity contribution in [3.05, 3.63) is 46.5 Å². The highest BCUT2D eigenvalue weighted by Crippen LogP contribution is 2.48. The van der Waals surface area contributed by atoms with Crippen LogP contribution in [0.2, 0.25) is 0 Å². The Labute approximate surface area is 125 Å². The number of nitrogens with zero attached hydrogens (tertiary/aromatic N) is 1. The van der Waals surface area contributed by atoms with E-state index in [9.17, 15) is 24.8 Å². The number of benzene rings is 1. The van der Waals surface area contributed by atoms with Crippen LogP contribution in [0, 0.1) is 33.8 Å². The highest BCUT2D eigenvalue weighted by Gasteiger charge is 2.51. The predicted molar refractivity (Wildman–Crippen MR) is 77.1 cm³/mol. The fourth-order valence-corrected chi connectivity index (χ4v) is 3.44. The molecule has 114 valence electrons. The molecule has 1 fully saturated rings. The monoisotopic (exact) mass is 302 g/mol. The molecule has 7 heteroatoms. The van der Waals surface area contributed by atoms with Gasteiger partial charge in [0.1, 0.15) is 0 Å². The van der Waals surface area contributed by atoms with Crippen LogP contribution in [0.4, 0.5) is 11.4 Å². The fourth-order valence-electron chi connectivity index (χ4n) is 3.44. The standard InChI is InChI=1S/C15H14N2O5/c18-14(16-10-2-1-3-11(7-10)17(21)22)12-8-4-5-9(6-8)13(12)15(19)20/h1-5,7-9,12-13H,6H2,(H,16,18)(H,19,20)/t8-,9-,12+,13-/m0/s1. The van der Waals surface area contributed by atoms with Crippen LogP contribution in [0.15, 0.2) is 36.4 Å². The molecular formula is C15H14N2O5. The topological polar surface area (TPSA) is 110 Å². The van der Waals surface area contributed by atoms with E-state index in [1.165, 1.54) is 18.2 Å². The minimum absolute atomic E-state index is 0.0789. The van der Waals surface area contributed by atoms with E-state index in [-0.39, 0.29) is 17.5 Å². The summed E-state index contributed by atoms with van der Waals surface area (Å²) in [5.74, 6) is -2.92. The average Bonchev–Trinajstić information content (AvgIpc) is 3.07. The summed E-state index contributed by atoms with van der Waals surface area (Å²) in [5.41, 5.74) is 0.176. The summed E-state index contributed by atoms with van der Waals surface area (Å²) in [6, 6.07) is 5.61. The molecule has 7 nitrogen and oxygen atoms in total. The summed E-state index contributed by atoms with van der Waals surface area (Å²) in [4.78, 5) is 34.0. The Morgan fingerprint density at radius 1 is 1.23 bits per heavy atom. The highest BCUT2D eigenvalue weighted by molar-refractivity contribution is 5.96. The van der Waals surface area contributed by atoms with Crippen molar-refractivity contribution in [2.45, 2.75) is 6.42 Å². The number of carbonyl (C=O) groups excluding carboxylic acids is 1. The zero-order valence-corrected chi connectivity index (χ0v) is 11.5. The van der Waals surface area contributed by atoms with E-state index in [0.717, 1.165) is 0 Å². The van der Waals surface area contributed by atoms with Crippen molar-refractivity contribution in [2.75, 3.05) is 5.32 Å². The normalized spacial score (nSPS) is 28.5. The number of rotatable bonds is 4. The van der Waals surface area contributed by atoms with Gasteiger partial charge in [-0.15, -0.1) is 0 Å². The first kappa shape index (κ1) is 14.2. The number of hydrogen-bond donors (Lipinski definition) is 2. The van der Waals surface area contributed by atoms with E-state index in [0.29, 0.717) is 12.1 Å². The van der Waals surface area contributed by atoms with Crippen molar-refractivity contribution < 1.29 is 19.6 Å². The lowest BCUT2D eigenvalue weighted by Crippen LogP contribution is -2.36. The minimum Gasteiger partial charge on any atom is -0.481 e. The zero-order valence-electron chi connectivity index (χ0n) is 11.5. The summed E-state index contributed by atoms with van der Waals surface area (Å²) in [6.07, 6.45) is 4.42. The lowest BCUT2D eigenvalue weighted by molar-refractivity contribution is -0.384. The first-order valence-corrected chi connectivity index (χ1v) is 6.94. The summed E-state index contributed by atoms with van der Waals surface area (Å²) in [6.45, 7) is 0. The Hall–Kier alpha value is -2.70. The molecule has 2 aliphatic carbocycles. The second kappa shape index (κ2) is 5.25. The van der Waals surface area contributed by atoms with Gasteiger partial charge >= 0.3 is 5.97 Å². The molecular weight excluding hydrogens is 288 g/mol. The van der Waals surface area contributed by atoms with Crippen LogP contribution in [-0.2, 0) is 9.59 Å². The van der Waals surface area contributed by atoms with Crippen molar-refractivity contribution in [1.82, 2.24) is 0 Å². The number of carbonyl (C=O) groups is 2. The van der Waals surface area contributed by atoms with E-state index >= 15 is 0 Å². The van der Waals surface area contributed by atoms with E-state index in [1.807, 2.05) is 12.2 Å². The average molecular weight is 302 g/mol. The molecule has 22 heavy (non-hydrogen) atoms.